The number of aromatic nitrogens is 1. The Kier molecular flexibility index (Phi) is 3.74. The van der Waals surface area contributed by atoms with Gasteiger partial charge in [-0.2, -0.15) is 0 Å². The molecule has 1 fully saturated rings. The van der Waals surface area contributed by atoms with E-state index < -0.39 is 0 Å². The van der Waals surface area contributed by atoms with Crippen molar-refractivity contribution in [1.29, 1.82) is 0 Å². The third-order valence-electron chi connectivity index (χ3n) is 4.81. The summed E-state index contributed by atoms with van der Waals surface area (Å²) in [4.78, 5) is 21.3. The fraction of sp³-hybridized carbons (Fsp3) is 0.368. The van der Waals surface area contributed by atoms with Crippen LogP contribution in [0.4, 0.5) is 11.4 Å². The summed E-state index contributed by atoms with van der Waals surface area (Å²) in [6.07, 6.45) is 7.94. The Balaban J connectivity index is 1.69. The van der Waals surface area contributed by atoms with Gasteiger partial charge in [-0.3, -0.25) is 9.78 Å². The maximum Gasteiger partial charge on any atom is 0.259 e. The Labute approximate surface area is 136 Å². The summed E-state index contributed by atoms with van der Waals surface area (Å²) < 4.78 is 0. The minimum Gasteiger partial charge on any atom is -0.371 e. The molecule has 0 spiro atoms. The zero-order chi connectivity index (χ0) is 15.6. The lowest BCUT2D eigenvalue weighted by Crippen LogP contribution is -2.35. The number of amides is 1. The number of hydrogen-bond donors (Lipinski definition) is 0. The quantitative estimate of drug-likeness (QED) is 0.854. The highest BCUT2D eigenvalue weighted by Gasteiger charge is 2.25. The topological polar surface area (TPSA) is 36.4 Å². The van der Waals surface area contributed by atoms with Gasteiger partial charge >= 0.3 is 0 Å². The van der Waals surface area contributed by atoms with Gasteiger partial charge in [0.15, 0.2) is 0 Å². The number of anilines is 2. The summed E-state index contributed by atoms with van der Waals surface area (Å²) >= 11 is 0. The van der Waals surface area contributed by atoms with Gasteiger partial charge in [-0.15, -0.1) is 0 Å². The molecule has 0 aliphatic carbocycles. The van der Waals surface area contributed by atoms with Gasteiger partial charge in [0.05, 0.1) is 5.56 Å². The lowest BCUT2D eigenvalue weighted by Gasteiger charge is -2.31. The third kappa shape index (κ3) is 2.69. The van der Waals surface area contributed by atoms with Gasteiger partial charge in [0.25, 0.3) is 5.91 Å². The standard InChI is InChI=1S/C19H21N3O/c23-19(16-5-3-9-20-14-16)22-12-4-6-15-7-8-17(13-18(15)22)21-10-1-2-11-21/h3,5,7-9,13-14H,1-2,4,6,10-12H2. The first kappa shape index (κ1) is 14.2. The van der Waals surface area contributed by atoms with Gasteiger partial charge in [0.1, 0.15) is 0 Å². The van der Waals surface area contributed by atoms with Crippen LogP contribution in [-0.2, 0) is 6.42 Å². The summed E-state index contributed by atoms with van der Waals surface area (Å²) in [5.41, 5.74) is 4.25. The Hall–Kier alpha value is -2.36. The summed E-state index contributed by atoms with van der Waals surface area (Å²) in [5, 5.41) is 0. The summed E-state index contributed by atoms with van der Waals surface area (Å²) in [6, 6.07) is 10.3. The highest BCUT2D eigenvalue weighted by Crippen LogP contribution is 2.33. The monoisotopic (exact) mass is 307 g/mol. The first-order valence-electron chi connectivity index (χ1n) is 8.43. The fourth-order valence-corrected chi connectivity index (χ4v) is 3.59. The van der Waals surface area contributed by atoms with Gasteiger partial charge in [-0.1, -0.05) is 6.07 Å². The zero-order valence-corrected chi connectivity index (χ0v) is 13.2. The lowest BCUT2D eigenvalue weighted by molar-refractivity contribution is 0.0985. The molecule has 0 bridgehead atoms. The molecule has 0 unspecified atom stereocenters. The van der Waals surface area contributed by atoms with Crippen molar-refractivity contribution >= 4 is 17.3 Å². The van der Waals surface area contributed by atoms with Crippen molar-refractivity contribution in [3.63, 3.8) is 0 Å². The van der Waals surface area contributed by atoms with Crippen LogP contribution < -0.4 is 9.80 Å². The number of hydrogen-bond acceptors (Lipinski definition) is 3. The molecule has 2 aromatic rings. The molecule has 1 aromatic heterocycles. The van der Waals surface area contributed by atoms with E-state index >= 15 is 0 Å². The van der Waals surface area contributed by atoms with E-state index in [4.69, 9.17) is 0 Å². The molecule has 1 saturated heterocycles. The van der Waals surface area contributed by atoms with Crippen LogP contribution in [0.1, 0.15) is 35.2 Å². The molecular weight excluding hydrogens is 286 g/mol. The molecule has 1 aromatic carbocycles. The minimum absolute atomic E-state index is 0.0534. The summed E-state index contributed by atoms with van der Waals surface area (Å²) in [5.74, 6) is 0.0534. The molecule has 118 valence electrons. The Morgan fingerprint density at radius 3 is 2.70 bits per heavy atom. The summed E-state index contributed by atoms with van der Waals surface area (Å²) in [7, 11) is 0. The predicted molar refractivity (Wildman–Crippen MR) is 92.1 cm³/mol. The Bertz CT molecular complexity index is 708. The number of aryl methyl sites for hydroxylation is 1. The molecule has 4 nitrogen and oxygen atoms in total. The predicted octanol–water partition coefficient (Wildman–Crippen LogP) is 3.27. The van der Waals surface area contributed by atoms with E-state index in [0.29, 0.717) is 5.56 Å². The second-order valence-corrected chi connectivity index (χ2v) is 6.31. The van der Waals surface area contributed by atoms with E-state index in [1.54, 1.807) is 12.4 Å². The van der Waals surface area contributed by atoms with Crippen molar-refractivity contribution < 1.29 is 4.79 Å². The lowest BCUT2D eigenvalue weighted by atomic mass is 10.00. The van der Waals surface area contributed by atoms with Gasteiger partial charge in [0, 0.05) is 43.4 Å². The molecule has 2 aliphatic heterocycles. The van der Waals surface area contributed by atoms with E-state index in [1.807, 2.05) is 17.0 Å². The van der Waals surface area contributed by atoms with Crippen LogP contribution in [0.5, 0.6) is 0 Å². The SMILES string of the molecule is O=C(c1cccnc1)N1CCCc2ccc(N3CCCC3)cc21. The van der Waals surface area contributed by atoms with Crippen LogP contribution >= 0.6 is 0 Å². The highest BCUT2D eigenvalue weighted by molar-refractivity contribution is 6.06. The first-order chi connectivity index (χ1) is 11.3. The van der Waals surface area contributed by atoms with Crippen molar-refractivity contribution in [2.24, 2.45) is 0 Å². The van der Waals surface area contributed by atoms with Crippen molar-refractivity contribution in [1.82, 2.24) is 4.98 Å². The van der Waals surface area contributed by atoms with E-state index in [-0.39, 0.29) is 5.91 Å². The molecular formula is C19H21N3O. The molecule has 0 N–H and O–H groups in total. The maximum atomic E-state index is 12.9. The third-order valence-corrected chi connectivity index (χ3v) is 4.81. The Morgan fingerprint density at radius 1 is 1.04 bits per heavy atom. The molecule has 1 amide bonds. The van der Waals surface area contributed by atoms with Crippen LogP contribution in [-0.4, -0.2) is 30.5 Å². The number of rotatable bonds is 2. The fourth-order valence-electron chi connectivity index (χ4n) is 3.59. The minimum atomic E-state index is 0.0534. The number of carbonyl (C=O) groups is 1. The molecule has 23 heavy (non-hydrogen) atoms. The van der Waals surface area contributed by atoms with Crippen molar-refractivity contribution in [2.45, 2.75) is 25.7 Å². The van der Waals surface area contributed by atoms with E-state index in [0.717, 1.165) is 38.2 Å². The van der Waals surface area contributed by atoms with E-state index in [2.05, 4.69) is 28.1 Å². The summed E-state index contributed by atoms with van der Waals surface area (Å²) in [6.45, 7) is 3.02. The van der Waals surface area contributed by atoms with Crippen LogP contribution in [0.3, 0.4) is 0 Å². The van der Waals surface area contributed by atoms with Gasteiger partial charge < -0.3 is 9.80 Å². The van der Waals surface area contributed by atoms with Crippen molar-refractivity contribution in [2.75, 3.05) is 29.4 Å². The number of nitrogens with zero attached hydrogens (tertiary/aromatic N) is 3. The normalized spacial score (nSPS) is 17.2. The Morgan fingerprint density at radius 2 is 1.91 bits per heavy atom. The number of pyridine rings is 1. The molecule has 0 saturated carbocycles. The van der Waals surface area contributed by atoms with Crippen LogP contribution in [0.25, 0.3) is 0 Å². The molecule has 4 rings (SSSR count). The molecule has 3 heterocycles. The second-order valence-electron chi connectivity index (χ2n) is 6.31. The van der Waals surface area contributed by atoms with Gasteiger partial charge in [0.2, 0.25) is 0 Å². The van der Waals surface area contributed by atoms with Crippen LogP contribution in [0.15, 0.2) is 42.7 Å². The number of benzene rings is 1. The maximum absolute atomic E-state index is 12.9. The zero-order valence-electron chi connectivity index (χ0n) is 13.2. The van der Waals surface area contributed by atoms with Crippen molar-refractivity contribution in [3.05, 3.63) is 53.9 Å². The first-order valence-corrected chi connectivity index (χ1v) is 8.43. The second kappa shape index (κ2) is 6.03. The van der Waals surface area contributed by atoms with E-state index in [9.17, 15) is 4.79 Å². The average Bonchev–Trinajstić information content (AvgIpc) is 3.15. The van der Waals surface area contributed by atoms with Crippen LogP contribution in [0.2, 0.25) is 0 Å². The van der Waals surface area contributed by atoms with Gasteiger partial charge in [-0.25, -0.2) is 0 Å². The largest absolute Gasteiger partial charge is 0.371 e. The molecule has 0 radical (unpaired) electrons. The molecule has 4 heteroatoms. The smallest absolute Gasteiger partial charge is 0.259 e. The molecule has 2 aliphatic rings. The van der Waals surface area contributed by atoms with Crippen LogP contribution in [0, 0.1) is 0 Å². The van der Waals surface area contributed by atoms with Gasteiger partial charge in [-0.05, 0) is 55.5 Å². The van der Waals surface area contributed by atoms with Crippen molar-refractivity contribution in [3.8, 4) is 0 Å². The average molecular weight is 307 g/mol. The highest BCUT2D eigenvalue weighted by atomic mass is 16.2. The number of carbonyl (C=O) groups excluding carboxylic acids is 1. The number of fused-ring (bicyclic) bond motifs is 1. The van der Waals surface area contributed by atoms with E-state index in [1.165, 1.54) is 24.1 Å². The molecule has 0 atom stereocenters.